The molecule has 2 rings (SSSR count). The summed E-state index contributed by atoms with van der Waals surface area (Å²) >= 11 is 0. The topological polar surface area (TPSA) is 35.5 Å². The summed E-state index contributed by atoms with van der Waals surface area (Å²) in [4.78, 5) is 11.7. The van der Waals surface area contributed by atoms with Crippen LogP contribution in [-0.4, -0.2) is 20.2 Å². The maximum atomic E-state index is 12.6. The van der Waals surface area contributed by atoms with Crippen molar-refractivity contribution in [3.63, 3.8) is 0 Å². The van der Waals surface area contributed by atoms with E-state index in [-0.39, 0.29) is 5.56 Å². The summed E-state index contributed by atoms with van der Waals surface area (Å²) in [5, 5.41) is 0. The van der Waals surface area contributed by atoms with Gasteiger partial charge in [-0.2, -0.15) is 13.2 Å². The first kappa shape index (κ1) is 15.9. The SMILES string of the molecule is COC(=O)c1cc(-c2ccc(C(F)(F)F)cc2)ccc1OC. The van der Waals surface area contributed by atoms with Crippen molar-refractivity contribution in [2.75, 3.05) is 14.2 Å². The molecule has 0 aliphatic carbocycles. The molecule has 0 unspecified atom stereocenters. The summed E-state index contributed by atoms with van der Waals surface area (Å²) in [7, 11) is 2.66. The molecule has 0 bridgehead atoms. The van der Waals surface area contributed by atoms with Crippen LogP contribution in [0.3, 0.4) is 0 Å². The first-order chi connectivity index (χ1) is 10.4. The molecule has 116 valence electrons. The molecule has 0 aliphatic heterocycles. The number of hydrogen-bond acceptors (Lipinski definition) is 3. The predicted molar refractivity (Wildman–Crippen MR) is 74.8 cm³/mol. The highest BCUT2D eigenvalue weighted by atomic mass is 19.4. The predicted octanol–water partition coefficient (Wildman–Crippen LogP) is 4.17. The monoisotopic (exact) mass is 310 g/mol. The van der Waals surface area contributed by atoms with Crippen molar-refractivity contribution in [3.8, 4) is 16.9 Å². The van der Waals surface area contributed by atoms with Crippen LogP contribution < -0.4 is 4.74 Å². The first-order valence-electron chi connectivity index (χ1n) is 6.31. The highest BCUT2D eigenvalue weighted by molar-refractivity contribution is 5.94. The van der Waals surface area contributed by atoms with Gasteiger partial charge in [0.05, 0.1) is 19.8 Å². The lowest BCUT2D eigenvalue weighted by Crippen LogP contribution is -2.05. The van der Waals surface area contributed by atoms with Gasteiger partial charge in [-0.3, -0.25) is 0 Å². The lowest BCUT2D eigenvalue weighted by Gasteiger charge is -2.11. The van der Waals surface area contributed by atoms with E-state index in [0.717, 1.165) is 12.1 Å². The third-order valence-corrected chi connectivity index (χ3v) is 3.15. The van der Waals surface area contributed by atoms with Gasteiger partial charge in [0.1, 0.15) is 11.3 Å². The fourth-order valence-electron chi connectivity index (χ4n) is 2.01. The van der Waals surface area contributed by atoms with E-state index in [1.165, 1.54) is 32.4 Å². The molecule has 6 heteroatoms. The fourth-order valence-corrected chi connectivity index (χ4v) is 2.01. The van der Waals surface area contributed by atoms with Gasteiger partial charge in [0.25, 0.3) is 0 Å². The molecule has 0 heterocycles. The van der Waals surface area contributed by atoms with Crippen LogP contribution >= 0.6 is 0 Å². The van der Waals surface area contributed by atoms with Gasteiger partial charge < -0.3 is 9.47 Å². The molecule has 0 amide bonds. The Morgan fingerprint density at radius 1 is 0.955 bits per heavy atom. The van der Waals surface area contributed by atoms with Gasteiger partial charge >= 0.3 is 12.1 Å². The molecular formula is C16H13F3O3. The molecule has 0 saturated carbocycles. The van der Waals surface area contributed by atoms with Crippen molar-refractivity contribution < 1.29 is 27.4 Å². The normalized spacial score (nSPS) is 11.1. The Morgan fingerprint density at radius 2 is 1.55 bits per heavy atom. The van der Waals surface area contributed by atoms with E-state index in [0.29, 0.717) is 16.9 Å². The van der Waals surface area contributed by atoms with Gasteiger partial charge in [0.15, 0.2) is 0 Å². The van der Waals surface area contributed by atoms with E-state index in [1.807, 2.05) is 0 Å². The number of carbonyl (C=O) groups is 1. The Kier molecular flexibility index (Phi) is 4.40. The number of ether oxygens (including phenoxy) is 2. The number of carbonyl (C=O) groups excluding carboxylic acids is 1. The Morgan fingerprint density at radius 3 is 2.05 bits per heavy atom. The Hall–Kier alpha value is -2.50. The van der Waals surface area contributed by atoms with Crippen LogP contribution in [0.1, 0.15) is 15.9 Å². The van der Waals surface area contributed by atoms with E-state index in [4.69, 9.17) is 4.74 Å². The molecule has 0 atom stereocenters. The number of hydrogen-bond donors (Lipinski definition) is 0. The minimum absolute atomic E-state index is 0.211. The summed E-state index contributed by atoms with van der Waals surface area (Å²) in [5.74, 6) is -0.242. The van der Waals surface area contributed by atoms with Gasteiger partial charge in [0, 0.05) is 0 Å². The lowest BCUT2D eigenvalue weighted by molar-refractivity contribution is -0.137. The number of benzene rings is 2. The second-order valence-corrected chi connectivity index (χ2v) is 4.48. The number of methoxy groups -OCH3 is 2. The number of alkyl halides is 3. The van der Waals surface area contributed by atoms with Gasteiger partial charge in [-0.25, -0.2) is 4.79 Å². The van der Waals surface area contributed by atoms with Crippen molar-refractivity contribution >= 4 is 5.97 Å². The standard InChI is InChI=1S/C16H13F3O3/c1-21-14-8-5-11(9-13(14)15(20)22-2)10-3-6-12(7-4-10)16(17,18)19/h3-9H,1-2H3. The molecule has 0 fully saturated rings. The fraction of sp³-hybridized carbons (Fsp3) is 0.188. The van der Waals surface area contributed by atoms with Crippen molar-refractivity contribution in [1.82, 2.24) is 0 Å². The average molecular weight is 310 g/mol. The highest BCUT2D eigenvalue weighted by Gasteiger charge is 2.30. The second kappa shape index (κ2) is 6.09. The Labute approximate surface area is 125 Å². The van der Waals surface area contributed by atoms with E-state index < -0.39 is 17.7 Å². The smallest absolute Gasteiger partial charge is 0.416 e. The molecule has 0 aromatic heterocycles. The maximum Gasteiger partial charge on any atom is 0.416 e. The third kappa shape index (κ3) is 3.21. The van der Waals surface area contributed by atoms with Gasteiger partial charge in [-0.05, 0) is 35.4 Å². The van der Waals surface area contributed by atoms with Crippen molar-refractivity contribution in [2.45, 2.75) is 6.18 Å². The number of halogens is 3. The largest absolute Gasteiger partial charge is 0.496 e. The van der Waals surface area contributed by atoms with Crippen LogP contribution in [0.5, 0.6) is 5.75 Å². The van der Waals surface area contributed by atoms with Crippen molar-refractivity contribution in [1.29, 1.82) is 0 Å². The van der Waals surface area contributed by atoms with Crippen LogP contribution in [0.15, 0.2) is 42.5 Å². The van der Waals surface area contributed by atoms with Gasteiger partial charge in [-0.15, -0.1) is 0 Å². The van der Waals surface area contributed by atoms with E-state index in [2.05, 4.69) is 4.74 Å². The number of esters is 1. The molecule has 0 radical (unpaired) electrons. The molecule has 0 N–H and O–H groups in total. The van der Waals surface area contributed by atoms with Crippen LogP contribution in [0, 0.1) is 0 Å². The van der Waals surface area contributed by atoms with E-state index in [1.54, 1.807) is 12.1 Å². The molecule has 0 saturated heterocycles. The van der Waals surface area contributed by atoms with E-state index >= 15 is 0 Å². The Balaban J connectivity index is 2.43. The van der Waals surface area contributed by atoms with Gasteiger partial charge in [-0.1, -0.05) is 18.2 Å². The third-order valence-electron chi connectivity index (χ3n) is 3.15. The zero-order valence-electron chi connectivity index (χ0n) is 11.9. The summed E-state index contributed by atoms with van der Waals surface area (Å²) in [6.45, 7) is 0. The minimum atomic E-state index is -4.38. The summed E-state index contributed by atoms with van der Waals surface area (Å²) in [6.07, 6.45) is -4.38. The second-order valence-electron chi connectivity index (χ2n) is 4.48. The summed E-state index contributed by atoms with van der Waals surface area (Å²) in [6, 6.07) is 9.45. The van der Waals surface area contributed by atoms with Crippen LogP contribution in [0.2, 0.25) is 0 Å². The molecule has 0 spiro atoms. The minimum Gasteiger partial charge on any atom is -0.496 e. The molecule has 0 aliphatic rings. The molecule has 2 aromatic carbocycles. The zero-order chi connectivity index (χ0) is 16.3. The van der Waals surface area contributed by atoms with E-state index in [9.17, 15) is 18.0 Å². The zero-order valence-corrected chi connectivity index (χ0v) is 11.9. The summed E-state index contributed by atoms with van der Waals surface area (Å²) < 4.78 is 47.4. The number of rotatable bonds is 3. The first-order valence-corrected chi connectivity index (χ1v) is 6.31. The molecule has 2 aromatic rings. The molecule has 22 heavy (non-hydrogen) atoms. The Bertz CT molecular complexity index is 676. The van der Waals surface area contributed by atoms with Crippen molar-refractivity contribution in [3.05, 3.63) is 53.6 Å². The average Bonchev–Trinajstić information content (AvgIpc) is 2.52. The van der Waals surface area contributed by atoms with Crippen LogP contribution in [-0.2, 0) is 10.9 Å². The highest BCUT2D eigenvalue weighted by Crippen LogP contribution is 2.32. The maximum absolute atomic E-state index is 12.6. The summed E-state index contributed by atoms with van der Waals surface area (Å²) in [5.41, 5.74) is 0.635. The molecule has 3 nitrogen and oxygen atoms in total. The quantitative estimate of drug-likeness (QED) is 0.798. The van der Waals surface area contributed by atoms with Crippen LogP contribution in [0.25, 0.3) is 11.1 Å². The molecular weight excluding hydrogens is 297 g/mol. The lowest BCUT2D eigenvalue weighted by atomic mass is 10.0. The van der Waals surface area contributed by atoms with Crippen LogP contribution in [0.4, 0.5) is 13.2 Å². The van der Waals surface area contributed by atoms with Crippen molar-refractivity contribution in [2.24, 2.45) is 0 Å². The van der Waals surface area contributed by atoms with Gasteiger partial charge in [0.2, 0.25) is 0 Å².